The van der Waals surface area contributed by atoms with E-state index in [0.29, 0.717) is 31.6 Å². The lowest BCUT2D eigenvalue weighted by Crippen LogP contribution is -2.30. The van der Waals surface area contributed by atoms with Crippen molar-refractivity contribution in [1.82, 2.24) is 0 Å². The van der Waals surface area contributed by atoms with Gasteiger partial charge in [-0.3, -0.25) is 37.3 Å². The summed E-state index contributed by atoms with van der Waals surface area (Å²) in [6.07, 6.45) is 60.6. The Morgan fingerprint density at radius 3 is 0.845 bits per heavy atom. The third-order valence-corrected chi connectivity index (χ3v) is 19.5. The SMILES string of the molecule is CCCCCC/C=C\C=C/CCCCCCCC(=O)O[C@H](COC(=O)CCCCCCCCC(C)C)COP(=O)(O)OC[C@H](O)COP(=O)(O)OC[C@@H](COC(=O)CCCCCCCCCCCCCCCCCC)OC(=O)CCCCCCCCCCCCCCCCC(C)C. The second kappa shape index (κ2) is 69.3. The van der Waals surface area contributed by atoms with E-state index in [1.54, 1.807) is 0 Å². The number of rotatable bonds is 75. The number of hydrogen-bond acceptors (Lipinski definition) is 15. The van der Waals surface area contributed by atoms with E-state index in [4.69, 9.17) is 37.0 Å². The molecule has 0 radical (unpaired) electrons. The molecule has 0 fully saturated rings. The van der Waals surface area contributed by atoms with E-state index in [9.17, 15) is 43.2 Å². The molecule has 0 aliphatic heterocycles. The van der Waals surface area contributed by atoms with E-state index in [-0.39, 0.29) is 25.7 Å². The molecule has 0 aromatic rings. The molecule has 5 atom stereocenters. The third kappa shape index (κ3) is 71.7. The maximum atomic E-state index is 13.1. The number of esters is 4. The summed E-state index contributed by atoms with van der Waals surface area (Å²) in [4.78, 5) is 72.8. The first-order chi connectivity index (χ1) is 46.9. The summed E-state index contributed by atoms with van der Waals surface area (Å²) < 4.78 is 68.5. The van der Waals surface area contributed by atoms with Crippen LogP contribution in [0, 0.1) is 11.8 Å². The van der Waals surface area contributed by atoms with Crippen molar-refractivity contribution in [3.05, 3.63) is 24.3 Å². The van der Waals surface area contributed by atoms with Crippen LogP contribution < -0.4 is 0 Å². The molecule has 572 valence electrons. The van der Waals surface area contributed by atoms with Crippen LogP contribution in [0.1, 0.15) is 382 Å². The zero-order chi connectivity index (χ0) is 71.4. The van der Waals surface area contributed by atoms with Gasteiger partial charge in [-0.25, -0.2) is 9.13 Å². The zero-order valence-corrected chi connectivity index (χ0v) is 64.7. The second-order valence-electron chi connectivity index (χ2n) is 28.4. The summed E-state index contributed by atoms with van der Waals surface area (Å²) in [5.74, 6) is -0.675. The fourth-order valence-corrected chi connectivity index (χ4v) is 13.0. The van der Waals surface area contributed by atoms with Crippen LogP contribution in [0.15, 0.2) is 24.3 Å². The maximum absolute atomic E-state index is 13.1. The zero-order valence-electron chi connectivity index (χ0n) is 62.9. The first-order valence-corrected chi connectivity index (χ1v) is 42.8. The molecule has 0 aromatic heterocycles. The molecule has 0 aliphatic carbocycles. The molecule has 0 rings (SSSR count). The number of phosphoric ester groups is 2. The van der Waals surface area contributed by atoms with Gasteiger partial charge in [0.15, 0.2) is 12.2 Å². The van der Waals surface area contributed by atoms with Gasteiger partial charge in [-0.2, -0.15) is 0 Å². The van der Waals surface area contributed by atoms with E-state index in [0.717, 1.165) is 115 Å². The van der Waals surface area contributed by atoms with E-state index >= 15 is 0 Å². The molecule has 0 saturated carbocycles. The molecule has 3 N–H and O–H groups in total. The minimum Gasteiger partial charge on any atom is -0.462 e. The third-order valence-electron chi connectivity index (χ3n) is 17.6. The lowest BCUT2D eigenvalue weighted by Gasteiger charge is -2.21. The van der Waals surface area contributed by atoms with Crippen molar-refractivity contribution < 1.29 is 80.2 Å². The topological polar surface area (TPSA) is 237 Å². The van der Waals surface area contributed by atoms with E-state index in [1.807, 2.05) is 0 Å². The van der Waals surface area contributed by atoms with Gasteiger partial charge in [0, 0.05) is 25.7 Å². The van der Waals surface area contributed by atoms with Crippen molar-refractivity contribution in [2.24, 2.45) is 11.8 Å². The standard InChI is InChI=1S/C78H148O17P2/c1-7-9-11-13-15-17-19-21-23-25-29-33-37-41-48-54-60-75(80)88-66-73(94-77(82)62-57-51-43-39-35-31-27-26-28-32-36-40-46-52-58-70(3)4)68-92-96(84,85)90-64-72(79)65-91-97(86,87)93-69-74(67-89-76(81)61-55-49-45-44-47-53-59-71(5)6)95-78(83)63-56-50-42-38-34-30-24-22-20-18-16-14-12-10-8-2/h18,20,22,24,70-74,79H,7-17,19,21,23,25-69H2,1-6H3,(H,84,85)(H,86,87)/b20-18-,24-22-/t72-,73-,74-/m1/s1. The molecular weight excluding hydrogens is 1270 g/mol. The highest BCUT2D eigenvalue weighted by atomic mass is 31.2. The van der Waals surface area contributed by atoms with Crippen molar-refractivity contribution in [2.75, 3.05) is 39.6 Å². The lowest BCUT2D eigenvalue weighted by molar-refractivity contribution is -0.161. The van der Waals surface area contributed by atoms with Crippen molar-refractivity contribution in [3.8, 4) is 0 Å². The molecule has 0 aromatic carbocycles. The van der Waals surface area contributed by atoms with Gasteiger partial charge in [0.2, 0.25) is 0 Å². The molecule has 97 heavy (non-hydrogen) atoms. The van der Waals surface area contributed by atoms with Crippen molar-refractivity contribution in [1.29, 1.82) is 0 Å². The minimum absolute atomic E-state index is 0.0840. The molecule has 0 aliphatic rings. The second-order valence-corrected chi connectivity index (χ2v) is 31.3. The molecular formula is C78H148O17P2. The van der Waals surface area contributed by atoms with Gasteiger partial charge in [0.1, 0.15) is 19.3 Å². The largest absolute Gasteiger partial charge is 0.472 e. The van der Waals surface area contributed by atoms with Crippen LogP contribution in [-0.4, -0.2) is 96.7 Å². The number of ether oxygens (including phenoxy) is 4. The molecule has 17 nitrogen and oxygen atoms in total. The first-order valence-electron chi connectivity index (χ1n) is 39.8. The fraction of sp³-hybridized carbons (Fsp3) is 0.897. The average molecular weight is 1420 g/mol. The van der Waals surface area contributed by atoms with Crippen LogP contribution in [-0.2, 0) is 65.4 Å². The number of allylic oxidation sites excluding steroid dienone is 4. The Morgan fingerprint density at radius 2 is 0.557 bits per heavy atom. The predicted octanol–water partition coefficient (Wildman–Crippen LogP) is 22.7. The van der Waals surface area contributed by atoms with Crippen molar-refractivity contribution in [3.63, 3.8) is 0 Å². The molecule has 0 amide bonds. The minimum atomic E-state index is -4.96. The Kier molecular flexibility index (Phi) is 67.5. The van der Waals surface area contributed by atoms with Crippen LogP contribution >= 0.6 is 15.6 Å². The monoisotopic (exact) mass is 1420 g/mol. The highest BCUT2D eigenvalue weighted by Crippen LogP contribution is 2.45. The maximum Gasteiger partial charge on any atom is 0.472 e. The van der Waals surface area contributed by atoms with Crippen molar-refractivity contribution >= 4 is 39.5 Å². The number of carbonyl (C=O) groups is 4. The number of aliphatic hydroxyl groups excluding tert-OH is 1. The molecule has 0 bridgehead atoms. The average Bonchev–Trinajstić information content (AvgIpc) is 1.05. The van der Waals surface area contributed by atoms with Gasteiger partial charge >= 0.3 is 39.5 Å². The van der Waals surface area contributed by atoms with Crippen LogP contribution in [0.5, 0.6) is 0 Å². The summed E-state index contributed by atoms with van der Waals surface area (Å²) in [7, 11) is -9.93. The van der Waals surface area contributed by atoms with Gasteiger partial charge in [0.05, 0.1) is 26.4 Å². The van der Waals surface area contributed by atoms with Crippen molar-refractivity contribution in [2.45, 2.75) is 400 Å². The number of phosphoric acid groups is 2. The van der Waals surface area contributed by atoms with Gasteiger partial charge in [-0.05, 0) is 63.2 Å². The van der Waals surface area contributed by atoms with Crippen LogP contribution in [0.4, 0.5) is 0 Å². The highest BCUT2D eigenvalue weighted by Gasteiger charge is 2.30. The highest BCUT2D eigenvalue weighted by molar-refractivity contribution is 7.47. The van der Waals surface area contributed by atoms with Gasteiger partial charge in [-0.15, -0.1) is 0 Å². The summed E-state index contributed by atoms with van der Waals surface area (Å²) >= 11 is 0. The molecule has 0 spiro atoms. The van der Waals surface area contributed by atoms with E-state index in [2.05, 4.69) is 65.8 Å². The number of carbonyl (C=O) groups excluding carboxylic acids is 4. The first kappa shape index (κ1) is 94.5. The molecule has 0 saturated heterocycles. The Labute approximate surface area is 592 Å². The molecule has 2 unspecified atom stereocenters. The molecule has 19 heteroatoms. The Balaban J connectivity index is 5.27. The summed E-state index contributed by atoms with van der Waals surface area (Å²) in [6.45, 7) is 9.48. The Bertz CT molecular complexity index is 1970. The number of unbranched alkanes of at least 4 members (excludes halogenated alkanes) is 42. The number of hydrogen-bond donors (Lipinski definition) is 3. The summed E-state index contributed by atoms with van der Waals surface area (Å²) in [6, 6.07) is 0. The lowest BCUT2D eigenvalue weighted by atomic mass is 10.0. The van der Waals surface area contributed by atoms with Crippen LogP contribution in [0.2, 0.25) is 0 Å². The van der Waals surface area contributed by atoms with Gasteiger partial charge in [0.25, 0.3) is 0 Å². The fourth-order valence-electron chi connectivity index (χ4n) is 11.5. The summed E-state index contributed by atoms with van der Waals surface area (Å²) in [5.41, 5.74) is 0. The van der Waals surface area contributed by atoms with E-state index < -0.39 is 97.5 Å². The smallest absolute Gasteiger partial charge is 0.462 e. The molecule has 0 heterocycles. The summed E-state index contributed by atoms with van der Waals surface area (Å²) in [5, 5.41) is 10.6. The Hall–Kier alpha value is -2.46. The van der Waals surface area contributed by atoms with E-state index in [1.165, 1.54) is 180 Å². The van der Waals surface area contributed by atoms with Crippen LogP contribution in [0.25, 0.3) is 0 Å². The van der Waals surface area contributed by atoms with Gasteiger partial charge in [-0.1, -0.05) is 329 Å². The van der Waals surface area contributed by atoms with Gasteiger partial charge < -0.3 is 33.8 Å². The predicted molar refractivity (Wildman–Crippen MR) is 395 cm³/mol. The quantitative estimate of drug-likeness (QED) is 0.0169. The van der Waals surface area contributed by atoms with Crippen LogP contribution in [0.3, 0.4) is 0 Å². The number of aliphatic hydroxyl groups is 1. The normalized spacial score (nSPS) is 14.1. The Morgan fingerprint density at radius 1 is 0.320 bits per heavy atom.